The summed E-state index contributed by atoms with van der Waals surface area (Å²) in [5, 5.41) is 0. The van der Waals surface area contributed by atoms with Crippen LogP contribution in [0.15, 0.2) is 57.6 Å². The minimum Gasteiger partial charge on any atom is -0.463 e. The van der Waals surface area contributed by atoms with Gasteiger partial charge in [0, 0.05) is 16.6 Å². The van der Waals surface area contributed by atoms with E-state index < -0.39 is 0 Å². The molecule has 3 aromatic heterocycles. The largest absolute Gasteiger partial charge is 0.463 e. The van der Waals surface area contributed by atoms with E-state index in [-0.39, 0.29) is 5.82 Å². The van der Waals surface area contributed by atoms with Gasteiger partial charge in [-0.1, -0.05) is 12.1 Å². The predicted molar refractivity (Wildman–Crippen MR) is 99.3 cm³/mol. The summed E-state index contributed by atoms with van der Waals surface area (Å²) in [6.07, 6.45) is 2.20. The van der Waals surface area contributed by atoms with E-state index in [9.17, 15) is 4.39 Å². The molecule has 0 amide bonds. The van der Waals surface area contributed by atoms with Gasteiger partial charge in [-0.15, -0.1) is 0 Å². The summed E-state index contributed by atoms with van der Waals surface area (Å²) in [4.78, 5) is 4.79. The first kappa shape index (κ1) is 16.1. The fraction of sp³-hybridized carbons (Fsp3) is 0.150. The highest BCUT2D eigenvalue weighted by Gasteiger charge is 2.19. The first-order valence-electron chi connectivity index (χ1n) is 8.00. The number of pyridine rings is 1. The zero-order valence-electron chi connectivity index (χ0n) is 13.9. The van der Waals surface area contributed by atoms with Gasteiger partial charge in [0.2, 0.25) is 0 Å². The molecule has 5 heteroatoms. The van der Waals surface area contributed by atoms with Crippen LogP contribution in [0.5, 0.6) is 0 Å². The number of hydrogen-bond acceptors (Lipinski definition) is 2. The smallest absolute Gasteiger partial charge is 0.154 e. The number of benzene rings is 1. The van der Waals surface area contributed by atoms with Crippen LogP contribution >= 0.6 is 15.9 Å². The fourth-order valence-corrected chi connectivity index (χ4v) is 3.49. The SMILES string of the molecule is Cc1cc2nc(-c3ccco3)c(Cc3cccc(F)c3)n2c(C)c1Br. The lowest BCUT2D eigenvalue weighted by atomic mass is 10.1. The number of aryl methyl sites for hydroxylation is 2. The number of nitrogens with zero attached hydrogens (tertiary/aromatic N) is 2. The number of halogens is 2. The number of furan rings is 1. The summed E-state index contributed by atoms with van der Waals surface area (Å²) in [5.41, 5.74) is 5.70. The van der Waals surface area contributed by atoms with Gasteiger partial charge in [0.15, 0.2) is 5.76 Å². The number of fused-ring (bicyclic) bond motifs is 1. The lowest BCUT2D eigenvalue weighted by Crippen LogP contribution is -2.02. The molecule has 3 heterocycles. The van der Waals surface area contributed by atoms with Gasteiger partial charge in [-0.3, -0.25) is 4.40 Å². The Hall–Kier alpha value is -2.40. The zero-order chi connectivity index (χ0) is 17.6. The van der Waals surface area contributed by atoms with Gasteiger partial charge >= 0.3 is 0 Å². The number of imidazole rings is 1. The van der Waals surface area contributed by atoms with Crippen LogP contribution in [-0.4, -0.2) is 9.38 Å². The van der Waals surface area contributed by atoms with Crippen LogP contribution in [0.25, 0.3) is 17.1 Å². The molecule has 0 aliphatic heterocycles. The summed E-state index contributed by atoms with van der Waals surface area (Å²) < 4.78 is 22.4. The Morgan fingerprint density at radius 1 is 1.16 bits per heavy atom. The molecule has 126 valence electrons. The Bertz CT molecular complexity index is 1070. The molecule has 0 unspecified atom stereocenters. The van der Waals surface area contributed by atoms with Crippen molar-refractivity contribution in [2.45, 2.75) is 20.3 Å². The van der Waals surface area contributed by atoms with E-state index in [1.807, 2.05) is 38.1 Å². The maximum absolute atomic E-state index is 13.6. The maximum Gasteiger partial charge on any atom is 0.154 e. The highest BCUT2D eigenvalue weighted by molar-refractivity contribution is 9.10. The lowest BCUT2D eigenvalue weighted by molar-refractivity contribution is 0.579. The molecule has 0 fully saturated rings. The molecule has 0 aliphatic rings. The summed E-state index contributed by atoms with van der Waals surface area (Å²) >= 11 is 3.66. The van der Waals surface area contributed by atoms with Crippen molar-refractivity contribution in [3.8, 4) is 11.5 Å². The Labute approximate surface area is 153 Å². The monoisotopic (exact) mass is 398 g/mol. The van der Waals surface area contributed by atoms with E-state index in [0.29, 0.717) is 12.2 Å². The van der Waals surface area contributed by atoms with Crippen LogP contribution in [0.4, 0.5) is 4.39 Å². The van der Waals surface area contributed by atoms with Gasteiger partial charge in [0.05, 0.1) is 12.0 Å². The van der Waals surface area contributed by atoms with E-state index in [1.54, 1.807) is 18.4 Å². The standard InChI is InChI=1S/C20H16BrFN2O/c1-12-9-18-23-20(17-7-4-8-25-17)16(24(18)13(2)19(12)21)11-14-5-3-6-15(22)10-14/h3-10H,11H2,1-2H3. The predicted octanol–water partition coefficient (Wildman–Crippen LogP) is 5.70. The molecule has 0 spiro atoms. The Morgan fingerprint density at radius 3 is 2.72 bits per heavy atom. The molecule has 25 heavy (non-hydrogen) atoms. The second-order valence-corrected chi connectivity index (χ2v) is 6.90. The summed E-state index contributed by atoms with van der Waals surface area (Å²) in [7, 11) is 0. The molecular formula is C20H16BrFN2O. The van der Waals surface area contributed by atoms with Crippen LogP contribution in [0.1, 0.15) is 22.5 Å². The third-order valence-corrected chi connectivity index (χ3v) is 5.56. The van der Waals surface area contributed by atoms with Crippen LogP contribution in [0.3, 0.4) is 0 Å². The first-order valence-corrected chi connectivity index (χ1v) is 8.79. The van der Waals surface area contributed by atoms with Crippen LogP contribution in [-0.2, 0) is 6.42 Å². The van der Waals surface area contributed by atoms with Gasteiger partial charge in [0.1, 0.15) is 17.2 Å². The van der Waals surface area contributed by atoms with Gasteiger partial charge in [0.25, 0.3) is 0 Å². The maximum atomic E-state index is 13.6. The Kier molecular flexibility index (Phi) is 3.96. The average molecular weight is 399 g/mol. The van der Waals surface area contributed by atoms with Crippen LogP contribution in [0.2, 0.25) is 0 Å². The minimum atomic E-state index is -0.236. The summed E-state index contributed by atoms with van der Waals surface area (Å²) in [6.45, 7) is 4.09. The van der Waals surface area contributed by atoms with Crippen molar-refractivity contribution in [2.24, 2.45) is 0 Å². The second-order valence-electron chi connectivity index (χ2n) is 6.11. The van der Waals surface area contributed by atoms with Crippen molar-refractivity contribution in [2.75, 3.05) is 0 Å². The average Bonchev–Trinajstić information content (AvgIpc) is 3.21. The molecule has 4 rings (SSSR count). The highest BCUT2D eigenvalue weighted by atomic mass is 79.9. The third kappa shape index (κ3) is 2.78. The van der Waals surface area contributed by atoms with E-state index in [2.05, 4.69) is 20.3 Å². The number of aromatic nitrogens is 2. The molecule has 0 saturated heterocycles. The number of hydrogen-bond donors (Lipinski definition) is 0. The molecule has 0 radical (unpaired) electrons. The van der Waals surface area contributed by atoms with Crippen LogP contribution in [0, 0.1) is 19.7 Å². The van der Waals surface area contributed by atoms with Crippen molar-refractivity contribution in [1.82, 2.24) is 9.38 Å². The third-order valence-electron chi connectivity index (χ3n) is 4.36. The van der Waals surface area contributed by atoms with Crippen LogP contribution < -0.4 is 0 Å². The summed E-state index contributed by atoms with van der Waals surface area (Å²) in [5.74, 6) is 0.475. The van der Waals surface area contributed by atoms with Crippen molar-refractivity contribution < 1.29 is 8.81 Å². The first-order chi connectivity index (χ1) is 12.0. The molecule has 0 atom stereocenters. The zero-order valence-corrected chi connectivity index (χ0v) is 15.5. The highest BCUT2D eigenvalue weighted by Crippen LogP contribution is 2.31. The van der Waals surface area contributed by atoms with E-state index in [0.717, 1.165) is 38.3 Å². The van der Waals surface area contributed by atoms with E-state index in [1.165, 1.54) is 6.07 Å². The molecule has 1 aromatic carbocycles. The minimum absolute atomic E-state index is 0.236. The molecule has 3 nitrogen and oxygen atoms in total. The lowest BCUT2D eigenvalue weighted by Gasteiger charge is -2.10. The number of rotatable bonds is 3. The Balaban J connectivity index is 1.99. The molecule has 0 bridgehead atoms. The molecule has 0 aliphatic carbocycles. The fourth-order valence-electron chi connectivity index (χ4n) is 3.20. The molecule has 0 N–H and O–H groups in total. The van der Waals surface area contributed by atoms with Gasteiger partial charge in [-0.2, -0.15) is 0 Å². The van der Waals surface area contributed by atoms with E-state index in [4.69, 9.17) is 9.40 Å². The van der Waals surface area contributed by atoms with Gasteiger partial charge in [-0.25, -0.2) is 9.37 Å². The Morgan fingerprint density at radius 2 is 2.00 bits per heavy atom. The van der Waals surface area contributed by atoms with E-state index >= 15 is 0 Å². The van der Waals surface area contributed by atoms with Crippen molar-refractivity contribution in [3.05, 3.63) is 81.5 Å². The molecule has 4 aromatic rings. The van der Waals surface area contributed by atoms with Crippen molar-refractivity contribution >= 4 is 21.6 Å². The normalized spacial score (nSPS) is 11.4. The topological polar surface area (TPSA) is 30.4 Å². The molecular weight excluding hydrogens is 383 g/mol. The van der Waals surface area contributed by atoms with Crippen molar-refractivity contribution in [1.29, 1.82) is 0 Å². The second kappa shape index (κ2) is 6.15. The quantitative estimate of drug-likeness (QED) is 0.442. The van der Waals surface area contributed by atoms with Gasteiger partial charge in [-0.05, 0) is 71.2 Å². The summed E-state index contributed by atoms with van der Waals surface area (Å²) in [6, 6.07) is 12.5. The van der Waals surface area contributed by atoms with Crippen molar-refractivity contribution in [3.63, 3.8) is 0 Å². The van der Waals surface area contributed by atoms with Gasteiger partial charge < -0.3 is 4.42 Å². The molecule has 0 saturated carbocycles.